The van der Waals surface area contributed by atoms with Crippen molar-refractivity contribution in [2.75, 3.05) is 6.61 Å². The third-order valence-corrected chi connectivity index (χ3v) is 3.15. The molecule has 1 aromatic rings. The zero-order chi connectivity index (χ0) is 10.4. The van der Waals surface area contributed by atoms with Crippen molar-refractivity contribution in [1.29, 1.82) is 0 Å². The van der Waals surface area contributed by atoms with Gasteiger partial charge < -0.3 is 4.74 Å². The van der Waals surface area contributed by atoms with Gasteiger partial charge in [0.25, 0.3) is 0 Å². The predicted octanol–water partition coefficient (Wildman–Crippen LogP) is 3.55. The van der Waals surface area contributed by atoms with Crippen LogP contribution in [0.3, 0.4) is 0 Å². The quantitative estimate of drug-likeness (QED) is 0.729. The fraction of sp³-hybridized carbons (Fsp3) is 0.364. The molecular formula is C11H14OS2. The largest absolute Gasteiger partial charge is 0.479 e. The van der Waals surface area contributed by atoms with Crippen LogP contribution in [0.4, 0.5) is 0 Å². The van der Waals surface area contributed by atoms with Crippen LogP contribution in [0.1, 0.15) is 18.1 Å². The van der Waals surface area contributed by atoms with E-state index in [0.29, 0.717) is 11.0 Å². The van der Waals surface area contributed by atoms with E-state index in [1.807, 2.05) is 19.1 Å². The van der Waals surface area contributed by atoms with Gasteiger partial charge in [-0.1, -0.05) is 36.0 Å². The van der Waals surface area contributed by atoms with Gasteiger partial charge in [-0.25, -0.2) is 0 Å². The van der Waals surface area contributed by atoms with Gasteiger partial charge in [-0.15, -0.1) is 0 Å². The molecule has 1 rings (SSSR count). The number of thioether (sulfide) groups is 1. The monoisotopic (exact) mass is 226 g/mol. The maximum atomic E-state index is 5.20. The van der Waals surface area contributed by atoms with Gasteiger partial charge in [0, 0.05) is 5.75 Å². The maximum absolute atomic E-state index is 5.20. The average Bonchev–Trinajstić information content (AvgIpc) is 2.17. The highest BCUT2D eigenvalue weighted by Crippen LogP contribution is 2.17. The van der Waals surface area contributed by atoms with Crippen LogP contribution in [-0.2, 0) is 10.5 Å². The van der Waals surface area contributed by atoms with Crippen LogP contribution in [0.5, 0.6) is 0 Å². The first-order chi connectivity index (χ1) is 6.74. The molecule has 0 aromatic heterocycles. The highest BCUT2D eigenvalue weighted by atomic mass is 32.2. The minimum Gasteiger partial charge on any atom is -0.479 e. The lowest BCUT2D eigenvalue weighted by Gasteiger charge is -2.06. The second-order valence-electron chi connectivity index (χ2n) is 2.90. The summed E-state index contributed by atoms with van der Waals surface area (Å²) in [5.74, 6) is 0.894. The molecule has 0 heterocycles. The van der Waals surface area contributed by atoms with E-state index < -0.39 is 0 Å². The molecule has 1 aromatic carbocycles. The standard InChI is InChI=1S/C11H14OS2/c1-3-12-11(13)14-8-10-7-5-4-6-9(10)2/h4-7H,3,8H2,1-2H3. The number of hydrogen-bond donors (Lipinski definition) is 0. The first-order valence-corrected chi connectivity index (χ1v) is 5.97. The molecule has 0 spiro atoms. The normalized spacial score (nSPS) is 9.86. The summed E-state index contributed by atoms with van der Waals surface area (Å²) in [5, 5.41) is 0. The van der Waals surface area contributed by atoms with E-state index in [1.54, 1.807) is 11.8 Å². The molecule has 1 nitrogen and oxygen atoms in total. The zero-order valence-corrected chi connectivity index (χ0v) is 10.1. The molecule has 14 heavy (non-hydrogen) atoms. The summed E-state index contributed by atoms with van der Waals surface area (Å²) >= 11 is 6.61. The van der Waals surface area contributed by atoms with E-state index >= 15 is 0 Å². The Morgan fingerprint density at radius 2 is 2.14 bits per heavy atom. The van der Waals surface area contributed by atoms with E-state index in [9.17, 15) is 0 Å². The highest BCUT2D eigenvalue weighted by Gasteiger charge is 2.01. The van der Waals surface area contributed by atoms with Crippen molar-refractivity contribution in [3.8, 4) is 0 Å². The van der Waals surface area contributed by atoms with E-state index in [4.69, 9.17) is 17.0 Å². The van der Waals surface area contributed by atoms with Gasteiger partial charge in [0.15, 0.2) is 0 Å². The van der Waals surface area contributed by atoms with Gasteiger partial charge in [-0.05, 0) is 37.2 Å². The Morgan fingerprint density at radius 3 is 2.79 bits per heavy atom. The Bertz CT molecular complexity index is 310. The molecule has 0 atom stereocenters. The molecule has 0 radical (unpaired) electrons. The lowest BCUT2D eigenvalue weighted by Crippen LogP contribution is -1.97. The fourth-order valence-corrected chi connectivity index (χ4v) is 2.16. The Balaban J connectivity index is 2.46. The van der Waals surface area contributed by atoms with Crippen molar-refractivity contribution in [3.63, 3.8) is 0 Å². The molecule has 0 saturated carbocycles. The molecule has 0 aliphatic heterocycles. The van der Waals surface area contributed by atoms with Crippen LogP contribution in [0.25, 0.3) is 0 Å². The summed E-state index contributed by atoms with van der Waals surface area (Å²) < 4.78 is 5.83. The van der Waals surface area contributed by atoms with Gasteiger partial charge >= 0.3 is 0 Å². The SMILES string of the molecule is CCOC(=S)SCc1ccccc1C. The molecule has 3 heteroatoms. The number of thiocarbonyl (C=S) groups is 1. The molecule has 0 saturated heterocycles. The first-order valence-electron chi connectivity index (χ1n) is 4.58. The first kappa shape index (κ1) is 11.5. The smallest absolute Gasteiger partial charge is 0.220 e. The number of ether oxygens (including phenoxy) is 1. The summed E-state index contributed by atoms with van der Waals surface area (Å²) in [7, 11) is 0. The molecule has 76 valence electrons. The summed E-state index contributed by atoms with van der Waals surface area (Å²) in [6.45, 7) is 4.71. The van der Waals surface area contributed by atoms with E-state index in [2.05, 4.69) is 19.1 Å². The third-order valence-electron chi connectivity index (χ3n) is 1.87. The molecule has 0 N–H and O–H groups in total. The van der Waals surface area contributed by atoms with Crippen LogP contribution in [0.2, 0.25) is 0 Å². The molecule has 0 aliphatic carbocycles. The van der Waals surface area contributed by atoms with Crippen molar-refractivity contribution < 1.29 is 4.74 Å². The number of rotatable bonds is 3. The number of benzene rings is 1. The second kappa shape index (κ2) is 6.04. The van der Waals surface area contributed by atoms with E-state index in [-0.39, 0.29) is 0 Å². The summed E-state index contributed by atoms with van der Waals surface area (Å²) in [6.07, 6.45) is 0. The Morgan fingerprint density at radius 1 is 1.43 bits per heavy atom. The fourth-order valence-electron chi connectivity index (χ4n) is 1.07. The average molecular weight is 226 g/mol. The van der Waals surface area contributed by atoms with Crippen molar-refractivity contribution in [2.24, 2.45) is 0 Å². The van der Waals surface area contributed by atoms with Crippen LogP contribution >= 0.6 is 24.0 Å². The minimum absolute atomic E-state index is 0.635. The van der Waals surface area contributed by atoms with Crippen LogP contribution in [0, 0.1) is 6.92 Å². The van der Waals surface area contributed by atoms with E-state index in [0.717, 1.165) is 5.75 Å². The molecule has 0 aliphatic rings. The van der Waals surface area contributed by atoms with Crippen molar-refractivity contribution >= 4 is 28.4 Å². The van der Waals surface area contributed by atoms with Gasteiger partial charge in [-0.3, -0.25) is 0 Å². The Kier molecular flexibility index (Phi) is 4.98. The summed E-state index contributed by atoms with van der Waals surface area (Å²) in [5.41, 5.74) is 2.62. The van der Waals surface area contributed by atoms with Crippen LogP contribution in [0.15, 0.2) is 24.3 Å². The number of hydrogen-bond acceptors (Lipinski definition) is 3. The van der Waals surface area contributed by atoms with E-state index in [1.165, 1.54) is 11.1 Å². The lowest BCUT2D eigenvalue weighted by molar-refractivity contribution is 0.346. The van der Waals surface area contributed by atoms with Gasteiger partial charge in [0.05, 0.1) is 6.61 Å². The zero-order valence-electron chi connectivity index (χ0n) is 8.45. The molecule has 0 unspecified atom stereocenters. The van der Waals surface area contributed by atoms with Gasteiger partial charge in [-0.2, -0.15) is 0 Å². The third kappa shape index (κ3) is 3.68. The summed E-state index contributed by atoms with van der Waals surface area (Å²) in [4.78, 5) is 0. The maximum Gasteiger partial charge on any atom is 0.220 e. The highest BCUT2D eigenvalue weighted by molar-refractivity contribution is 8.22. The predicted molar refractivity (Wildman–Crippen MR) is 66.7 cm³/mol. The van der Waals surface area contributed by atoms with Crippen LogP contribution < -0.4 is 0 Å². The second-order valence-corrected chi connectivity index (χ2v) is 4.48. The lowest BCUT2D eigenvalue weighted by atomic mass is 10.1. The Labute approximate surface area is 94.9 Å². The molecule has 0 amide bonds. The van der Waals surface area contributed by atoms with Crippen molar-refractivity contribution in [2.45, 2.75) is 19.6 Å². The van der Waals surface area contributed by atoms with Gasteiger partial charge in [0.2, 0.25) is 4.38 Å². The summed E-state index contributed by atoms with van der Waals surface area (Å²) in [6, 6.07) is 8.33. The van der Waals surface area contributed by atoms with Crippen LogP contribution in [-0.4, -0.2) is 11.0 Å². The van der Waals surface area contributed by atoms with Gasteiger partial charge in [0.1, 0.15) is 0 Å². The van der Waals surface area contributed by atoms with Crippen molar-refractivity contribution in [1.82, 2.24) is 0 Å². The molecule has 0 fully saturated rings. The molecular weight excluding hydrogens is 212 g/mol. The van der Waals surface area contributed by atoms with Crippen molar-refractivity contribution in [3.05, 3.63) is 35.4 Å². The minimum atomic E-state index is 0.635. The Hall–Kier alpha value is -0.540. The molecule has 0 bridgehead atoms. The topological polar surface area (TPSA) is 9.23 Å². The number of aryl methyl sites for hydroxylation is 1.